The molecule has 4 heteroatoms. The predicted octanol–water partition coefficient (Wildman–Crippen LogP) is 0.279. The first-order valence-corrected chi connectivity index (χ1v) is 6.50. The first-order chi connectivity index (χ1) is 7.79. The third-order valence-electron chi connectivity index (χ3n) is 3.55. The Kier molecular flexibility index (Phi) is 4.18. The van der Waals surface area contributed by atoms with Crippen LogP contribution in [0.5, 0.6) is 0 Å². The summed E-state index contributed by atoms with van der Waals surface area (Å²) in [6.07, 6.45) is 4.41. The molecule has 92 valence electrons. The number of carbonyl (C=O) groups excluding carboxylic acids is 1. The second kappa shape index (κ2) is 5.64. The van der Waals surface area contributed by atoms with Crippen LogP contribution >= 0.6 is 0 Å². The zero-order valence-corrected chi connectivity index (χ0v) is 10.0. The molecule has 2 fully saturated rings. The highest BCUT2D eigenvalue weighted by molar-refractivity contribution is 5.76. The summed E-state index contributed by atoms with van der Waals surface area (Å²) in [5, 5.41) is 0. The Morgan fingerprint density at radius 1 is 1.19 bits per heavy atom. The first kappa shape index (κ1) is 11.9. The third-order valence-corrected chi connectivity index (χ3v) is 3.55. The molecule has 2 rings (SSSR count). The summed E-state index contributed by atoms with van der Waals surface area (Å²) < 4.78 is 0. The van der Waals surface area contributed by atoms with Crippen molar-refractivity contribution < 1.29 is 4.79 Å². The van der Waals surface area contributed by atoms with Gasteiger partial charge in [0.15, 0.2) is 0 Å². The van der Waals surface area contributed by atoms with E-state index in [0.29, 0.717) is 11.8 Å². The molecule has 1 heterocycles. The van der Waals surface area contributed by atoms with Crippen LogP contribution in [0.4, 0.5) is 0 Å². The van der Waals surface area contributed by atoms with Gasteiger partial charge in [0.2, 0.25) is 5.91 Å². The molecule has 0 aromatic heterocycles. The maximum atomic E-state index is 11.9. The van der Waals surface area contributed by atoms with Gasteiger partial charge in [-0.2, -0.15) is 0 Å². The normalized spacial score (nSPS) is 23.2. The zero-order chi connectivity index (χ0) is 11.4. The van der Waals surface area contributed by atoms with Crippen LogP contribution in [0.25, 0.3) is 0 Å². The average Bonchev–Trinajstić information content (AvgIpc) is 3.05. The van der Waals surface area contributed by atoms with Gasteiger partial charge in [0.05, 0.1) is 0 Å². The van der Waals surface area contributed by atoms with Gasteiger partial charge in [-0.15, -0.1) is 0 Å². The molecule has 0 atom stereocenters. The summed E-state index contributed by atoms with van der Waals surface area (Å²) in [4.78, 5) is 16.4. The molecule has 16 heavy (non-hydrogen) atoms. The van der Waals surface area contributed by atoms with Crippen molar-refractivity contribution in [3.05, 3.63) is 0 Å². The molecule has 0 bridgehead atoms. The molecule has 0 aromatic rings. The molecule has 1 saturated carbocycles. The number of amides is 1. The van der Waals surface area contributed by atoms with Gasteiger partial charge in [-0.05, 0) is 31.7 Å². The highest BCUT2D eigenvalue weighted by atomic mass is 16.2. The fraction of sp³-hybridized carbons (Fsp3) is 0.917. The maximum absolute atomic E-state index is 11.9. The van der Waals surface area contributed by atoms with E-state index in [4.69, 9.17) is 5.73 Å². The fourth-order valence-electron chi connectivity index (χ4n) is 2.32. The second-order valence-corrected chi connectivity index (χ2v) is 5.01. The Hall–Kier alpha value is -0.610. The van der Waals surface area contributed by atoms with Crippen LogP contribution in [0.15, 0.2) is 0 Å². The van der Waals surface area contributed by atoms with Gasteiger partial charge < -0.3 is 15.5 Å². The summed E-state index contributed by atoms with van der Waals surface area (Å²) in [5.41, 5.74) is 5.56. The predicted molar refractivity (Wildman–Crippen MR) is 64.0 cm³/mol. The zero-order valence-electron chi connectivity index (χ0n) is 10.0. The van der Waals surface area contributed by atoms with Crippen LogP contribution in [0.3, 0.4) is 0 Å². The Morgan fingerprint density at radius 2 is 2.00 bits per heavy atom. The van der Waals surface area contributed by atoms with E-state index >= 15 is 0 Å². The molecular formula is C12H23N3O. The molecule has 1 aliphatic carbocycles. The van der Waals surface area contributed by atoms with Gasteiger partial charge in [0, 0.05) is 39.1 Å². The van der Waals surface area contributed by atoms with E-state index in [0.717, 1.165) is 52.1 Å². The second-order valence-electron chi connectivity index (χ2n) is 5.01. The van der Waals surface area contributed by atoms with E-state index in [-0.39, 0.29) is 0 Å². The topological polar surface area (TPSA) is 49.6 Å². The Bertz CT molecular complexity index is 240. The number of rotatable bonds is 4. The number of hydrogen-bond donors (Lipinski definition) is 1. The lowest BCUT2D eigenvalue weighted by atomic mass is 10.2. The van der Waals surface area contributed by atoms with Crippen molar-refractivity contribution in [1.82, 2.24) is 9.80 Å². The molecule has 0 radical (unpaired) electrons. The highest BCUT2D eigenvalue weighted by Crippen LogP contribution is 2.32. The molecule has 4 nitrogen and oxygen atoms in total. The van der Waals surface area contributed by atoms with E-state index in [1.165, 1.54) is 12.8 Å². The molecule has 2 N–H and O–H groups in total. The number of nitrogens with zero attached hydrogens (tertiary/aromatic N) is 2. The van der Waals surface area contributed by atoms with Crippen molar-refractivity contribution in [3.8, 4) is 0 Å². The molecular weight excluding hydrogens is 202 g/mol. The van der Waals surface area contributed by atoms with Gasteiger partial charge >= 0.3 is 0 Å². The smallest absolute Gasteiger partial charge is 0.222 e. The average molecular weight is 225 g/mol. The van der Waals surface area contributed by atoms with E-state index in [1.807, 2.05) is 0 Å². The van der Waals surface area contributed by atoms with Crippen molar-refractivity contribution in [2.24, 2.45) is 11.7 Å². The van der Waals surface area contributed by atoms with Crippen molar-refractivity contribution in [2.45, 2.75) is 25.7 Å². The van der Waals surface area contributed by atoms with Crippen molar-refractivity contribution in [2.75, 3.05) is 39.3 Å². The van der Waals surface area contributed by atoms with E-state index in [2.05, 4.69) is 9.80 Å². The van der Waals surface area contributed by atoms with Crippen LogP contribution in [-0.4, -0.2) is 55.0 Å². The van der Waals surface area contributed by atoms with Crippen molar-refractivity contribution in [1.29, 1.82) is 0 Å². The SMILES string of the molecule is NCCN1CCCN(C(=O)CC2CC2)CC1. The Labute approximate surface area is 97.8 Å². The maximum Gasteiger partial charge on any atom is 0.222 e. The molecule has 0 aromatic carbocycles. The lowest BCUT2D eigenvalue weighted by Gasteiger charge is -2.21. The quantitative estimate of drug-likeness (QED) is 0.747. The minimum absolute atomic E-state index is 0.372. The van der Waals surface area contributed by atoms with Gasteiger partial charge in [-0.25, -0.2) is 0 Å². The summed E-state index contributed by atoms with van der Waals surface area (Å²) >= 11 is 0. The lowest BCUT2D eigenvalue weighted by molar-refractivity contribution is -0.131. The van der Waals surface area contributed by atoms with Crippen LogP contribution in [0.2, 0.25) is 0 Å². The van der Waals surface area contributed by atoms with Crippen LogP contribution in [0.1, 0.15) is 25.7 Å². The van der Waals surface area contributed by atoms with E-state index < -0.39 is 0 Å². The molecule has 1 saturated heterocycles. The standard InChI is InChI=1S/C12H23N3O/c13-4-7-14-5-1-6-15(9-8-14)12(16)10-11-2-3-11/h11H,1-10,13H2. The summed E-state index contributed by atoms with van der Waals surface area (Å²) in [6.45, 7) is 5.59. The van der Waals surface area contributed by atoms with Gasteiger partial charge in [-0.3, -0.25) is 4.79 Å². The monoisotopic (exact) mass is 225 g/mol. The minimum Gasteiger partial charge on any atom is -0.341 e. The molecule has 0 spiro atoms. The van der Waals surface area contributed by atoms with Gasteiger partial charge in [0.25, 0.3) is 0 Å². The summed E-state index contributed by atoms with van der Waals surface area (Å²) in [6, 6.07) is 0. The minimum atomic E-state index is 0.372. The molecule has 0 unspecified atom stereocenters. The molecule has 1 aliphatic heterocycles. The Morgan fingerprint density at radius 3 is 2.69 bits per heavy atom. The van der Waals surface area contributed by atoms with Gasteiger partial charge in [0.1, 0.15) is 0 Å². The fourth-order valence-corrected chi connectivity index (χ4v) is 2.32. The van der Waals surface area contributed by atoms with Crippen LogP contribution in [-0.2, 0) is 4.79 Å². The summed E-state index contributed by atoms with van der Waals surface area (Å²) in [5.74, 6) is 1.08. The van der Waals surface area contributed by atoms with Crippen molar-refractivity contribution in [3.63, 3.8) is 0 Å². The van der Waals surface area contributed by atoms with Gasteiger partial charge in [-0.1, -0.05) is 0 Å². The number of nitrogens with two attached hydrogens (primary N) is 1. The highest BCUT2D eigenvalue weighted by Gasteiger charge is 2.27. The molecule has 2 aliphatic rings. The van der Waals surface area contributed by atoms with E-state index in [1.54, 1.807) is 0 Å². The molecule has 1 amide bonds. The van der Waals surface area contributed by atoms with E-state index in [9.17, 15) is 4.79 Å². The first-order valence-electron chi connectivity index (χ1n) is 6.50. The number of hydrogen-bond acceptors (Lipinski definition) is 3. The third kappa shape index (κ3) is 3.46. The largest absolute Gasteiger partial charge is 0.341 e. The lowest BCUT2D eigenvalue weighted by Crippen LogP contribution is -2.36. The van der Waals surface area contributed by atoms with Crippen LogP contribution < -0.4 is 5.73 Å². The van der Waals surface area contributed by atoms with Crippen molar-refractivity contribution >= 4 is 5.91 Å². The summed E-state index contributed by atoms with van der Waals surface area (Å²) in [7, 11) is 0. The van der Waals surface area contributed by atoms with Crippen LogP contribution in [0, 0.1) is 5.92 Å². The Balaban J connectivity index is 1.75. The number of carbonyl (C=O) groups is 1.